The molecule has 0 aliphatic heterocycles. The monoisotopic (exact) mass is 476 g/mol. The summed E-state index contributed by atoms with van der Waals surface area (Å²) in [7, 11) is 0. The maximum atomic E-state index is 5.69. The molecule has 0 fully saturated rings. The average molecular weight is 477 g/mol. The molecule has 7 heteroatoms. The lowest BCUT2D eigenvalue weighted by Gasteiger charge is -2.06. The lowest BCUT2D eigenvalue weighted by atomic mass is 10.2. The molecule has 35 heavy (non-hydrogen) atoms. The Bertz CT molecular complexity index is 1010. The summed E-state index contributed by atoms with van der Waals surface area (Å²) in [5, 5.41) is 0. The van der Waals surface area contributed by atoms with Crippen LogP contribution in [0.5, 0.6) is 0 Å². The highest BCUT2D eigenvalue weighted by atomic mass is 16.5. The fraction of sp³-hybridized carbons (Fsp3) is 0.357. The smallest absolute Gasteiger partial charge is 0.244 e. The van der Waals surface area contributed by atoms with Crippen LogP contribution in [0.15, 0.2) is 98.1 Å². The number of hydrogen-bond donors (Lipinski definition) is 0. The second kappa shape index (κ2) is 14.2. The summed E-state index contributed by atoms with van der Waals surface area (Å²) in [5.41, 5.74) is 2.59. The van der Waals surface area contributed by atoms with Gasteiger partial charge in [-0.3, -0.25) is 0 Å². The first-order valence-electron chi connectivity index (χ1n) is 12.3. The number of ether oxygens (including phenoxy) is 3. The van der Waals surface area contributed by atoms with Gasteiger partial charge in [0.15, 0.2) is 0 Å². The first-order valence-corrected chi connectivity index (χ1v) is 12.3. The quantitative estimate of drug-likeness (QED) is 0.185. The van der Waals surface area contributed by atoms with Gasteiger partial charge in [-0.25, -0.2) is 18.3 Å². The van der Waals surface area contributed by atoms with E-state index in [0.717, 1.165) is 26.2 Å². The Hall–Kier alpha value is -3.26. The molecule has 0 saturated heterocycles. The summed E-state index contributed by atoms with van der Waals surface area (Å²) in [6.45, 7) is 7.11. The van der Waals surface area contributed by atoms with Crippen LogP contribution in [0.4, 0.5) is 0 Å². The van der Waals surface area contributed by atoms with Crippen molar-refractivity contribution in [3.63, 3.8) is 0 Å². The molecule has 2 aromatic carbocycles. The minimum absolute atomic E-state index is 0.583. The van der Waals surface area contributed by atoms with Crippen molar-refractivity contribution < 1.29 is 23.3 Å². The fourth-order valence-electron chi connectivity index (χ4n) is 3.80. The zero-order chi connectivity index (χ0) is 24.0. The first kappa shape index (κ1) is 24.9. The predicted molar refractivity (Wildman–Crippen MR) is 133 cm³/mol. The van der Waals surface area contributed by atoms with Crippen LogP contribution in [0.25, 0.3) is 0 Å². The van der Waals surface area contributed by atoms with Crippen LogP contribution in [-0.2, 0) is 40.4 Å². The van der Waals surface area contributed by atoms with E-state index in [1.165, 1.54) is 11.1 Å². The van der Waals surface area contributed by atoms with E-state index < -0.39 is 0 Å². The van der Waals surface area contributed by atoms with Crippen molar-refractivity contribution in [2.24, 2.45) is 0 Å². The molecule has 2 aromatic heterocycles. The van der Waals surface area contributed by atoms with Crippen LogP contribution >= 0.6 is 0 Å². The molecule has 0 unspecified atom stereocenters. The van der Waals surface area contributed by atoms with Crippen LogP contribution in [-0.4, -0.2) is 48.8 Å². The van der Waals surface area contributed by atoms with Gasteiger partial charge in [0.1, 0.15) is 51.0 Å². The van der Waals surface area contributed by atoms with E-state index in [4.69, 9.17) is 14.2 Å². The topological polar surface area (TPSA) is 45.3 Å². The summed E-state index contributed by atoms with van der Waals surface area (Å²) in [6, 6.07) is 20.9. The van der Waals surface area contributed by atoms with Crippen molar-refractivity contribution in [2.45, 2.75) is 26.2 Å². The van der Waals surface area contributed by atoms with E-state index in [0.29, 0.717) is 39.6 Å². The van der Waals surface area contributed by atoms with Gasteiger partial charge in [0.25, 0.3) is 0 Å². The molecule has 0 aliphatic carbocycles. The predicted octanol–water partition coefficient (Wildman–Crippen LogP) is 2.71. The van der Waals surface area contributed by atoms with Crippen molar-refractivity contribution in [1.29, 1.82) is 0 Å². The van der Waals surface area contributed by atoms with Gasteiger partial charge in [0, 0.05) is 0 Å². The molecule has 184 valence electrons. The maximum Gasteiger partial charge on any atom is 0.244 e. The molecule has 7 nitrogen and oxygen atoms in total. The first-order chi connectivity index (χ1) is 17.3. The minimum Gasteiger partial charge on any atom is -0.377 e. The number of rotatable bonds is 16. The van der Waals surface area contributed by atoms with Gasteiger partial charge in [-0.1, -0.05) is 60.7 Å². The third kappa shape index (κ3) is 9.13. The summed E-state index contributed by atoms with van der Waals surface area (Å²) < 4.78 is 25.6. The molecule has 0 N–H and O–H groups in total. The van der Waals surface area contributed by atoms with E-state index >= 15 is 0 Å². The van der Waals surface area contributed by atoms with Crippen LogP contribution < -0.4 is 9.13 Å². The van der Waals surface area contributed by atoms with Gasteiger partial charge in [-0.2, -0.15) is 0 Å². The highest BCUT2D eigenvalue weighted by Crippen LogP contribution is 1.99. The average Bonchev–Trinajstić information content (AvgIpc) is 3.53. The molecule has 0 bridgehead atoms. The zero-order valence-electron chi connectivity index (χ0n) is 20.3. The Morgan fingerprint density at radius 1 is 0.514 bits per heavy atom. The van der Waals surface area contributed by atoms with Crippen LogP contribution in [0.1, 0.15) is 11.1 Å². The van der Waals surface area contributed by atoms with E-state index in [-0.39, 0.29) is 0 Å². The SMILES string of the molecule is c1ccc(C[n+]2ccn(CCOCCOCCOCCn3cc[n+](Cc4ccccc4)c3)c2)cc1. The number of imidazole rings is 2. The Balaban J connectivity index is 0.971. The van der Waals surface area contributed by atoms with Crippen LogP contribution in [0.2, 0.25) is 0 Å². The van der Waals surface area contributed by atoms with E-state index in [1.807, 2.05) is 12.1 Å². The van der Waals surface area contributed by atoms with E-state index in [1.54, 1.807) is 0 Å². The van der Waals surface area contributed by atoms with Gasteiger partial charge in [0.05, 0.1) is 39.6 Å². The van der Waals surface area contributed by atoms with E-state index in [2.05, 4.69) is 104 Å². The molecular formula is C28H36N4O3+2. The molecule has 0 saturated carbocycles. The highest BCUT2D eigenvalue weighted by molar-refractivity contribution is 5.13. The van der Waals surface area contributed by atoms with Crippen LogP contribution in [0.3, 0.4) is 0 Å². The molecule has 0 spiro atoms. The number of nitrogens with zero attached hydrogens (tertiary/aromatic N) is 4. The Kier molecular flexibility index (Phi) is 10.1. The Labute approximate surface area is 207 Å². The van der Waals surface area contributed by atoms with Crippen molar-refractivity contribution in [3.8, 4) is 0 Å². The van der Waals surface area contributed by atoms with Crippen molar-refractivity contribution >= 4 is 0 Å². The normalized spacial score (nSPS) is 11.2. The summed E-state index contributed by atoms with van der Waals surface area (Å²) in [6.07, 6.45) is 12.6. The molecule has 0 aliphatic rings. The summed E-state index contributed by atoms with van der Waals surface area (Å²) in [5.74, 6) is 0. The van der Waals surface area contributed by atoms with Gasteiger partial charge in [-0.15, -0.1) is 0 Å². The fourth-order valence-corrected chi connectivity index (χ4v) is 3.80. The second-order valence-corrected chi connectivity index (χ2v) is 8.46. The number of hydrogen-bond acceptors (Lipinski definition) is 3. The third-order valence-electron chi connectivity index (χ3n) is 5.64. The largest absolute Gasteiger partial charge is 0.377 e. The standard InChI is InChI=1S/C28H36N4O3/c1-3-7-27(8-4-1)23-31-13-11-29(25-31)15-17-33-19-21-35-22-20-34-18-16-30-12-14-32(26-30)24-28-9-5-2-6-10-28/h1-14,25-26H,15-24H2/q+2. The van der Waals surface area contributed by atoms with Crippen molar-refractivity contribution in [3.05, 3.63) is 109 Å². The number of aromatic nitrogens is 4. The molecule has 4 aromatic rings. The molecule has 0 radical (unpaired) electrons. The van der Waals surface area contributed by atoms with Crippen LogP contribution in [0, 0.1) is 0 Å². The summed E-state index contributed by atoms with van der Waals surface area (Å²) in [4.78, 5) is 0. The number of benzene rings is 2. The van der Waals surface area contributed by atoms with Gasteiger partial charge >= 0.3 is 0 Å². The molecule has 0 amide bonds. The molecular weight excluding hydrogens is 440 g/mol. The lowest BCUT2D eigenvalue weighted by Crippen LogP contribution is -2.31. The molecule has 2 heterocycles. The second-order valence-electron chi connectivity index (χ2n) is 8.46. The maximum absolute atomic E-state index is 5.69. The van der Waals surface area contributed by atoms with E-state index in [9.17, 15) is 0 Å². The highest BCUT2D eigenvalue weighted by Gasteiger charge is 2.06. The third-order valence-corrected chi connectivity index (χ3v) is 5.64. The molecule has 0 atom stereocenters. The van der Waals surface area contributed by atoms with Gasteiger partial charge in [0.2, 0.25) is 12.7 Å². The zero-order valence-corrected chi connectivity index (χ0v) is 20.3. The Morgan fingerprint density at radius 3 is 1.34 bits per heavy atom. The van der Waals surface area contributed by atoms with Crippen molar-refractivity contribution in [2.75, 3.05) is 39.6 Å². The minimum atomic E-state index is 0.583. The Morgan fingerprint density at radius 2 is 0.914 bits per heavy atom. The van der Waals surface area contributed by atoms with Gasteiger partial charge in [-0.05, 0) is 11.1 Å². The lowest BCUT2D eigenvalue weighted by molar-refractivity contribution is -0.688. The van der Waals surface area contributed by atoms with Gasteiger partial charge < -0.3 is 14.2 Å². The van der Waals surface area contributed by atoms with Crippen molar-refractivity contribution in [1.82, 2.24) is 9.13 Å². The molecule has 4 rings (SSSR count). The summed E-state index contributed by atoms with van der Waals surface area (Å²) >= 11 is 0.